The minimum absolute atomic E-state index is 0.231. The monoisotopic (exact) mass is 308 g/mol. The Labute approximate surface area is 126 Å². The number of benzene rings is 1. The van der Waals surface area contributed by atoms with Crippen LogP contribution in [-0.2, 0) is 6.54 Å². The lowest BCUT2D eigenvalue weighted by Gasteiger charge is -2.13. The number of aromatic carboxylic acids is 1. The van der Waals surface area contributed by atoms with Crippen LogP contribution in [0.1, 0.15) is 21.7 Å². The van der Waals surface area contributed by atoms with E-state index in [0.29, 0.717) is 28.2 Å². The molecule has 0 aliphatic carbocycles. The summed E-state index contributed by atoms with van der Waals surface area (Å²) in [5.41, 5.74) is 0.565. The smallest absolute Gasteiger partial charge is 0.346 e. The number of nitrogens with one attached hydrogen (secondary N) is 1. The van der Waals surface area contributed by atoms with E-state index in [1.165, 1.54) is 6.07 Å². The molecule has 0 saturated carbocycles. The first-order valence-electron chi connectivity index (χ1n) is 6.91. The number of rotatable bonds is 4. The van der Waals surface area contributed by atoms with Crippen molar-refractivity contribution in [3.8, 4) is 0 Å². The second-order valence-corrected chi connectivity index (χ2v) is 6.51. The van der Waals surface area contributed by atoms with Crippen LogP contribution < -0.4 is 5.32 Å². The molecule has 1 aliphatic rings. The summed E-state index contributed by atoms with van der Waals surface area (Å²) in [4.78, 5) is 13.9. The van der Waals surface area contributed by atoms with E-state index in [1.807, 2.05) is 0 Å². The third-order valence-corrected chi connectivity index (χ3v) is 5.10. The number of carboxylic acid groups (broad SMARTS) is 1. The first kappa shape index (κ1) is 14.4. The van der Waals surface area contributed by atoms with Crippen molar-refractivity contribution in [2.24, 2.45) is 0 Å². The summed E-state index contributed by atoms with van der Waals surface area (Å²) < 4.78 is 14.8. The fourth-order valence-corrected chi connectivity index (χ4v) is 3.93. The lowest BCUT2D eigenvalue weighted by molar-refractivity contribution is 0.0701. The normalized spacial score (nSPS) is 19.4. The molecule has 1 aromatic carbocycles. The Kier molecular flexibility index (Phi) is 3.93. The van der Waals surface area contributed by atoms with Gasteiger partial charge in [0.25, 0.3) is 0 Å². The minimum atomic E-state index is -0.990. The topological polar surface area (TPSA) is 52.6 Å². The molecule has 2 heterocycles. The molecule has 21 heavy (non-hydrogen) atoms. The lowest BCUT2D eigenvalue weighted by Crippen LogP contribution is -2.31. The Morgan fingerprint density at radius 3 is 3.05 bits per heavy atom. The van der Waals surface area contributed by atoms with E-state index >= 15 is 0 Å². The Morgan fingerprint density at radius 1 is 1.57 bits per heavy atom. The fraction of sp³-hybridized carbons (Fsp3) is 0.400. The third kappa shape index (κ3) is 2.79. The van der Waals surface area contributed by atoms with Gasteiger partial charge in [-0.25, -0.2) is 9.18 Å². The van der Waals surface area contributed by atoms with Crippen molar-refractivity contribution in [1.82, 2.24) is 10.2 Å². The molecule has 0 spiro atoms. The maximum Gasteiger partial charge on any atom is 0.346 e. The summed E-state index contributed by atoms with van der Waals surface area (Å²) in [6, 6.07) is 5.09. The maximum absolute atomic E-state index is 14.1. The average molecular weight is 308 g/mol. The first-order chi connectivity index (χ1) is 10.1. The summed E-state index contributed by atoms with van der Waals surface area (Å²) in [6.07, 6.45) is 1.03. The highest BCUT2D eigenvalue weighted by Crippen LogP contribution is 2.33. The van der Waals surface area contributed by atoms with Crippen LogP contribution in [0, 0.1) is 5.82 Å². The molecular formula is C15H17FN2O2S. The van der Waals surface area contributed by atoms with Gasteiger partial charge < -0.3 is 15.3 Å². The molecule has 1 unspecified atom stereocenters. The molecule has 1 aliphatic heterocycles. The predicted molar refractivity (Wildman–Crippen MR) is 81.5 cm³/mol. The number of thiophene rings is 1. The molecule has 2 N–H and O–H groups in total. The van der Waals surface area contributed by atoms with Gasteiger partial charge in [-0.2, -0.15) is 0 Å². The molecule has 1 fully saturated rings. The molecule has 1 atom stereocenters. The minimum Gasteiger partial charge on any atom is -0.477 e. The van der Waals surface area contributed by atoms with Crippen molar-refractivity contribution in [3.05, 3.63) is 34.5 Å². The van der Waals surface area contributed by atoms with Crippen LogP contribution in [0.2, 0.25) is 0 Å². The maximum atomic E-state index is 14.1. The standard InChI is InChI=1S/C15H17FN2O2S/c1-18-6-5-9(8-18)17-7-10-13-11(16)3-2-4-12(13)21-14(10)15(19)20/h2-4,9,17H,5-8H2,1H3,(H,19,20). The number of carboxylic acids is 1. The Hall–Kier alpha value is -1.50. The van der Waals surface area contributed by atoms with E-state index < -0.39 is 5.97 Å². The van der Waals surface area contributed by atoms with E-state index in [4.69, 9.17) is 0 Å². The molecule has 1 aromatic heterocycles. The SMILES string of the molecule is CN1CCC(NCc2c(C(=O)O)sc3cccc(F)c23)C1. The van der Waals surface area contributed by atoms with E-state index in [2.05, 4.69) is 17.3 Å². The second-order valence-electron chi connectivity index (χ2n) is 5.46. The molecule has 112 valence electrons. The first-order valence-corrected chi connectivity index (χ1v) is 7.73. The van der Waals surface area contributed by atoms with Crippen molar-refractivity contribution in [2.45, 2.75) is 19.0 Å². The van der Waals surface area contributed by atoms with Crippen molar-refractivity contribution in [3.63, 3.8) is 0 Å². The number of nitrogens with zero attached hydrogens (tertiary/aromatic N) is 1. The number of likely N-dealkylation sites (N-methyl/N-ethyl adjacent to an activating group) is 1. The van der Waals surface area contributed by atoms with E-state index in [0.717, 1.165) is 30.8 Å². The molecule has 0 radical (unpaired) electrons. The number of hydrogen-bond donors (Lipinski definition) is 2. The quantitative estimate of drug-likeness (QED) is 0.911. The molecule has 0 bridgehead atoms. The molecule has 3 rings (SSSR count). The number of carbonyl (C=O) groups is 1. The Morgan fingerprint density at radius 2 is 2.38 bits per heavy atom. The third-order valence-electron chi connectivity index (χ3n) is 3.92. The van der Waals surface area contributed by atoms with E-state index in [-0.39, 0.29) is 10.7 Å². The second kappa shape index (κ2) is 5.71. The van der Waals surface area contributed by atoms with E-state index in [9.17, 15) is 14.3 Å². The van der Waals surface area contributed by atoms with Crippen LogP contribution in [0.3, 0.4) is 0 Å². The zero-order valence-corrected chi connectivity index (χ0v) is 12.5. The van der Waals surface area contributed by atoms with Gasteiger partial charge in [0.2, 0.25) is 0 Å². The summed E-state index contributed by atoms with van der Waals surface area (Å²) >= 11 is 1.14. The van der Waals surface area contributed by atoms with Crippen molar-refractivity contribution in [2.75, 3.05) is 20.1 Å². The van der Waals surface area contributed by atoms with Crippen LogP contribution in [0.4, 0.5) is 4.39 Å². The number of fused-ring (bicyclic) bond motifs is 1. The number of halogens is 1. The van der Waals surface area contributed by atoms with Gasteiger partial charge in [-0.3, -0.25) is 0 Å². The largest absolute Gasteiger partial charge is 0.477 e. The van der Waals surface area contributed by atoms with Crippen LogP contribution in [0.15, 0.2) is 18.2 Å². The zero-order chi connectivity index (χ0) is 15.0. The Bertz CT molecular complexity index is 686. The summed E-state index contributed by atoms with van der Waals surface area (Å²) in [5, 5.41) is 13.2. The lowest BCUT2D eigenvalue weighted by atomic mass is 10.1. The van der Waals surface area contributed by atoms with Gasteiger partial charge in [0, 0.05) is 34.8 Å². The van der Waals surface area contributed by atoms with Gasteiger partial charge in [0.15, 0.2) is 0 Å². The van der Waals surface area contributed by atoms with Crippen LogP contribution in [-0.4, -0.2) is 42.2 Å². The number of hydrogen-bond acceptors (Lipinski definition) is 4. The Balaban J connectivity index is 1.92. The zero-order valence-electron chi connectivity index (χ0n) is 11.7. The molecule has 1 saturated heterocycles. The molecule has 0 amide bonds. The number of likely N-dealkylation sites (tertiary alicyclic amines) is 1. The molecule has 6 heteroatoms. The van der Waals surface area contributed by atoms with Gasteiger partial charge in [-0.15, -0.1) is 11.3 Å². The van der Waals surface area contributed by atoms with Crippen LogP contribution in [0.5, 0.6) is 0 Å². The van der Waals surface area contributed by atoms with Crippen molar-refractivity contribution < 1.29 is 14.3 Å². The van der Waals surface area contributed by atoms with Crippen LogP contribution in [0.25, 0.3) is 10.1 Å². The highest BCUT2D eigenvalue weighted by Gasteiger charge is 2.23. The molecule has 4 nitrogen and oxygen atoms in total. The van der Waals surface area contributed by atoms with Gasteiger partial charge >= 0.3 is 5.97 Å². The summed E-state index contributed by atoms with van der Waals surface area (Å²) in [6.45, 7) is 2.36. The van der Waals surface area contributed by atoms with E-state index in [1.54, 1.807) is 12.1 Å². The molecule has 2 aromatic rings. The molecular weight excluding hydrogens is 291 g/mol. The summed E-state index contributed by atoms with van der Waals surface area (Å²) in [5.74, 6) is -1.34. The summed E-state index contributed by atoms with van der Waals surface area (Å²) in [7, 11) is 2.06. The van der Waals surface area contributed by atoms with Crippen molar-refractivity contribution in [1.29, 1.82) is 0 Å². The fourth-order valence-electron chi connectivity index (χ4n) is 2.86. The van der Waals surface area contributed by atoms with Crippen LogP contribution >= 0.6 is 11.3 Å². The van der Waals surface area contributed by atoms with Gasteiger partial charge in [0.1, 0.15) is 10.7 Å². The highest BCUT2D eigenvalue weighted by atomic mass is 32.1. The van der Waals surface area contributed by atoms with Gasteiger partial charge in [0.05, 0.1) is 0 Å². The van der Waals surface area contributed by atoms with Gasteiger partial charge in [-0.1, -0.05) is 6.07 Å². The predicted octanol–water partition coefficient (Wildman–Crippen LogP) is 2.53. The van der Waals surface area contributed by atoms with Gasteiger partial charge in [-0.05, 0) is 32.1 Å². The van der Waals surface area contributed by atoms with Crippen molar-refractivity contribution >= 4 is 27.4 Å². The highest BCUT2D eigenvalue weighted by molar-refractivity contribution is 7.21. The average Bonchev–Trinajstić information content (AvgIpc) is 3.01.